The Morgan fingerprint density at radius 2 is 1.03 bits per heavy atom. The minimum atomic E-state index is -1.28. The summed E-state index contributed by atoms with van der Waals surface area (Å²) in [6, 6.07) is 2.48. The molecule has 0 bridgehead atoms. The van der Waals surface area contributed by atoms with Crippen molar-refractivity contribution in [2.45, 2.75) is 13.2 Å². The first-order valence-corrected chi connectivity index (χ1v) is 8.81. The SMILES string of the molecule is O=C(O)c1cc(C(=O)O)c(COCCOCOCO)cc1COCCOCOCO. The molecule has 0 amide bonds. The normalized spacial score (nSPS) is 11.0. The van der Waals surface area contributed by atoms with E-state index in [2.05, 4.69) is 9.47 Å². The van der Waals surface area contributed by atoms with Crippen molar-refractivity contribution in [2.24, 2.45) is 0 Å². The number of hydrogen-bond donors (Lipinski definition) is 4. The Bertz CT molecular complexity index is 597. The number of aliphatic hydroxyl groups excluding tert-OH is 2. The van der Waals surface area contributed by atoms with E-state index in [0.717, 1.165) is 6.07 Å². The van der Waals surface area contributed by atoms with E-state index in [1.807, 2.05) is 0 Å². The molecule has 0 heterocycles. The molecule has 0 saturated carbocycles. The second kappa shape index (κ2) is 15.6. The lowest BCUT2D eigenvalue weighted by Gasteiger charge is -2.14. The number of carbonyl (C=O) groups is 2. The van der Waals surface area contributed by atoms with E-state index < -0.39 is 25.5 Å². The predicted octanol–water partition coefficient (Wildman–Crippen LogP) is -0.00280. The summed E-state index contributed by atoms with van der Waals surface area (Å²) in [5.41, 5.74) is 0.186. The van der Waals surface area contributed by atoms with Gasteiger partial charge in [-0.25, -0.2) is 9.59 Å². The molecule has 4 N–H and O–H groups in total. The standard InChI is InChI=1S/C18H26O12/c19-9-29-11-27-3-1-25-7-13-5-14(8-26-2-4-28-12-30-10-20)16(18(23)24)6-15(13)17(21)22/h5-6,19-20H,1-4,7-12H2,(H,21,22)(H,23,24). The van der Waals surface area contributed by atoms with E-state index in [1.165, 1.54) is 6.07 Å². The number of aromatic carboxylic acids is 2. The highest BCUT2D eigenvalue weighted by Crippen LogP contribution is 2.20. The summed E-state index contributed by atoms with van der Waals surface area (Å²) in [6.07, 6.45) is 0. The Morgan fingerprint density at radius 1 is 0.633 bits per heavy atom. The molecule has 12 nitrogen and oxygen atoms in total. The number of benzene rings is 1. The topological polar surface area (TPSA) is 170 Å². The van der Waals surface area contributed by atoms with Gasteiger partial charge in [0.2, 0.25) is 0 Å². The molecule has 0 aliphatic heterocycles. The summed E-state index contributed by atoms with van der Waals surface area (Å²) in [6.45, 7) is -0.729. The number of ether oxygens (including phenoxy) is 6. The summed E-state index contributed by atoms with van der Waals surface area (Å²) in [4.78, 5) is 23.0. The molecule has 0 atom stereocenters. The van der Waals surface area contributed by atoms with Gasteiger partial charge in [0.25, 0.3) is 0 Å². The van der Waals surface area contributed by atoms with Crippen LogP contribution in [0.2, 0.25) is 0 Å². The molecular formula is C18H26O12. The maximum absolute atomic E-state index is 11.5. The first kappa shape index (κ1) is 25.9. The van der Waals surface area contributed by atoms with Crippen molar-refractivity contribution < 1.29 is 58.4 Å². The molecule has 0 unspecified atom stereocenters. The highest BCUT2D eigenvalue weighted by atomic mass is 16.7. The number of aliphatic hydroxyl groups is 2. The van der Waals surface area contributed by atoms with Crippen molar-refractivity contribution in [3.05, 3.63) is 34.4 Å². The van der Waals surface area contributed by atoms with Crippen molar-refractivity contribution in [1.29, 1.82) is 0 Å². The average molecular weight is 434 g/mol. The maximum atomic E-state index is 11.5. The van der Waals surface area contributed by atoms with Crippen LogP contribution in [0.25, 0.3) is 0 Å². The summed E-state index contributed by atoms with van der Waals surface area (Å²) in [5, 5.41) is 35.7. The Kier molecular flexibility index (Phi) is 13.5. The summed E-state index contributed by atoms with van der Waals surface area (Å²) >= 11 is 0. The average Bonchev–Trinajstić information content (AvgIpc) is 2.72. The number of hydrogen-bond acceptors (Lipinski definition) is 10. The van der Waals surface area contributed by atoms with Gasteiger partial charge in [0.1, 0.15) is 27.2 Å². The van der Waals surface area contributed by atoms with Gasteiger partial charge in [0.05, 0.1) is 50.8 Å². The smallest absolute Gasteiger partial charge is 0.336 e. The second-order valence-electron chi connectivity index (χ2n) is 5.60. The third-order valence-corrected chi connectivity index (χ3v) is 3.56. The monoisotopic (exact) mass is 434 g/mol. The molecule has 0 aromatic heterocycles. The highest BCUT2D eigenvalue weighted by Gasteiger charge is 2.19. The van der Waals surface area contributed by atoms with Gasteiger partial charge in [-0.05, 0) is 23.3 Å². The van der Waals surface area contributed by atoms with Crippen LogP contribution >= 0.6 is 0 Å². The maximum Gasteiger partial charge on any atom is 0.336 e. The minimum absolute atomic E-state index is 0.0830. The first-order chi connectivity index (χ1) is 14.5. The van der Waals surface area contributed by atoms with Gasteiger partial charge in [-0.15, -0.1) is 0 Å². The summed E-state index contributed by atoms with van der Waals surface area (Å²) in [5.74, 6) is -2.57. The largest absolute Gasteiger partial charge is 0.478 e. The van der Waals surface area contributed by atoms with Crippen molar-refractivity contribution in [3.63, 3.8) is 0 Å². The van der Waals surface area contributed by atoms with Crippen molar-refractivity contribution in [2.75, 3.05) is 53.6 Å². The Balaban J connectivity index is 2.70. The highest BCUT2D eigenvalue weighted by molar-refractivity contribution is 5.96. The fraction of sp³-hybridized carbons (Fsp3) is 0.556. The molecule has 12 heteroatoms. The van der Waals surface area contributed by atoms with Gasteiger partial charge in [-0.1, -0.05) is 0 Å². The van der Waals surface area contributed by atoms with Crippen LogP contribution in [0.4, 0.5) is 0 Å². The van der Waals surface area contributed by atoms with Crippen LogP contribution in [-0.2, 0) is 41.6 Å². The molecule has 30 heavy (non-hydrogen) atoms. The molecule has 1 aromatic carbocycles. The van der Waals surface area contributed by atoms with E-state index in [9.17, 15) is 19.8 Å². The molecule has 170 valence electrons. The van der Waals surface area contributed by atoms with Gasteiger partial charge < -0.3 is 48.8 Å². The zero-order chi connectivity index (χ0) is 22.2. The summed E-state index contributed by atoms with van der Waals surface area (Å²) < 4.78 is 29.9. The van der Waals surface area contributed by atoms with Crippen LogP contribution in [0, 0.1) is 0 Å². The zero-order valence-corrected chi connectivity index (χ0v) is 16.3. The predicted molar refractivity (Wildman–Crippen MR) is 97.7 cm³/mol. The molecule has 1 rings (SSSR count). The van der Waals surface area contributed by atoms with Gasteiger partial charge in [-0.2, -0.15) is 0 Å². The van der Waals surface area contributed by atoms with E-state index in [-0.39, 0.29) is 75.5 Å². The van der Waals surface area contributed by atoms with Crippen molar-refractivity contribution >= 4 is 11.9 Å². The zero-order valence-electron chi connectivity index (χ0n) is 16.3. The molecule has 0 saturated heterocycles. The Hall–Kier alpha value is -2.16. The molecule has 0 spiro atoms. The van der Waals surface area contributed by atoms with Crippen LogP contribution in [0.15, 0.2) is 12.1 Å². The minimum Gasteiger partial charge on any atom is -0.478 e. The van der Waals surface area contributed by atoms with Crippen LogP contribution in [0.3, 0.4) is 0 Å². The van der Waals surface area contributed by atoms with Gasteiger partial charge in [0.15, 0.2) is 0 Å². The number of carboxylic acid groups (broad SMARTS) is 2. The van der Waals surface area contributed by atoms with Crippen LogP contribution in [0.1, 0.15) is 31.8 Å². The quantitative estimate of drug-likeness (QED) is 0.180. The third-order valence-electron chi connectivity index (χ3n) is 3.56. The Morgan fingerprint density at radius 3 is 1.40 bits per heavy atom. The fourth-order valence-corrected chi connectivity index (χ4v) is 2.24. The molecule has 0 aliphatic carbocycles. The van der Waals surface area contributed by atoms with E-state index in [1.54, 1.807) is 0 Å². The van der Waals surface area contributed by atoms with Gasteiger partial charge in [-0.3, -0.25) is 0 Å². The first-order valence-electron chi connectivity index (χ1n) is 8.81. The summed E-state index contributed by atoms with van der Waals surface area (Å²) in [7, 11) is 0. The van der Waals surface area contributed by atoms with Crippen LogP contribution in [-0.4, -0.2) is 86.0 Å². The molecular weight excluding hydrogens is 408 g/mol. The fourth-order valence-electron chi connectivity index (χ4n) is 2.24. The molecule has 0 radical (unpaired) electrons. The van der Waals surface area contributed by atoms with Crippen molar-refractivity contribution in [3.8, 4) is 0 Å². The van der Waals surface area contributed by atoms with E-state index in [4.69, 9.17) is 29.2 Å². The Labute approximate surface area is 172 Å². The second-order valence-corrected chi connectivity index (χ2v) is 5.60. The van der Waals surface area contributed by atoms with Crippen LogP contribution in [0.5, 0.6) is 0 Å². The van der Waals surface area contributed by atoms with Gasteiger partial charge >= 0.3 is 11.9 Å². The molecule has 1 aromatic rings. The lowest BCUT2D eigenvalue weighted by Crippen LogP contribution is -2.14. The number of rotatable bonds is 18. The van der Waals surface area contributed by atoms with Crippen molar-refractivity contribution in [1.82, 2.24) is 0 Å². The van der Waals surface area contributed by atoms with E-state index >= 15 is 0 Å². The van der Waals surface area contributed by atoms with Crippen LogP contribution < -0.4 is 0 Å². The number of carboxylic acids is 2. The molecule has 0 aliphatic rings. The lowest BCUT2D eigenvalue weighted by atomic mass is 9.99. The third kappa shape index (κ3) is 10.0. The lowest BCUT2D eigenvalue weighted by molar-refractivity contribution is -0.116. The van der Waals surface area contributed by atoms with Gasteiger partial charge in [0, 0.05) is 0 Å². The van der Waals surface area contributed by atoms with E-state index in [0.29, 0.717) is 0 Å². The molecule has 0 fully saturated rings.